The van der Waals surface area contributed by atoms with Crippen LogP contribution in [0.15, 0.2) is 42.5 Å². The predicted octanol–water partition coefficient (Wildman–Crippen LogP) is 2.17. The molecular formula is C19H23N3O3. The van der Waals surface area contributed by atoms with E-state index in [1.165, 1.54) is 4.90 Å². The fourth-order valence-corrected chi connectivity index (χ4v) is 2.11. The quantitative estimate of drug-likeness (QED) is 0.843. The molecule has 0 unspecified atom stereocenters. The second kappa shape index (κ2) is 8.30. The van der Waals surface area contributed by atoms with E-state index in [1.54, 1.807) is 38.4 Å². The minimum absolute atomic E-state index is 0.0927. The van der Waals surface area contributed by atoms with Gasteiger partial charge in [-0.15, -0.1) is 0 Å². The lowest BCUT2D eigenvalue weighted by molar-refractivity contribution is -0.130. The van der Waals surface area contributed by atoms with Gasteiger partial charge in [0, 0.05) is 26.2 Å². The van der Waals surface area contributed by atoms with Crippen molar-refractivity contribution in [2.24, 2.45) is 5.73 Å². The van der Waals surface area contributed by atoms with Crippen LogP contribution in [0.2, 0.25) is 0 Å². The zero-order valence-corrected chi connectivity index (χ0v) is 14.7. The van der Waals surface area contributed by atoms with Crippen molar-refractivity contribution in [1.82, 2.24) is 4.90 Å². The Kier molecular flexibility index (Phi) is 6.14. The van der Waals surface area contributed by atoms with E-state index in [0.717, 1.165) is 11.1 Å². The Hall–Kier alpha value is -2.86. The highest BCUT2D eigenvalue weighted by molar-refractivity contribution is 6.05. The molecule has 0 aliphatic rings. The zero-order valence-electron chi connectivity index (χ0n) is 14.7. The number of nitrogens with zero attached hydrogens (tertiary/aromatic N) is 1. The molecule has 0 saturated heterocycles. The van der Waals surface area contributed by atoms with E-state index in [-0.39, 0.29) is 18.4 Å². The Morgan fingerprint density at radius 3 is 2.40 bits per heavy atom. The average molecular weight is 341 g/mol. The highest BCUT2D eigenvalue weighted by atomic mass is 16.5. The molecule has 2 aromatic rings. The van der Waals surface area contributed by atoms with E-state index in [1.807, 2.05) is 25.1 Å². The number of ether oxygens (including phenoxy) is 1. The lowest BCUT2D eigenvalue weighted by Gasteiger charge is -2.15. The van der Waals surface area contributed by atoms with E-state index >= 15 is 0 Å². The highest BCUT2D eigenvalue weighted by Gasteiger charge is 2.12. The Morgan fingerprint density at radius 2 is 1.80 bits per heavy atom. The average Bonchev–Trinajstić information content (AvgIpc) is 2.61. The zero-order chi connectivity index (χ0) is 18.4. The third kappa shape index (κ3) is 5.06. The van der Waals surface area contributed by atoms with Crippen molar-refractivity contribution >= 4 is 17.5 Å². The molecule has 0 aromatic heterocycles. The largest absolute Gasteiger partial charge is 0.482 e. The lowest BCUT2D eigenvalue weighted by Crippen LogP contribution is -2.27. The van der Waals surface area contributed by atoms with Crippen LogP contribution < -0.4 is 15.8 Å². The fourth-order valence-electron chi connectivity index (χ4n) is 2.11. The van der Waals surface area contributed by atoms with Gasteiger partial charge in [0.05, 0.1) is 5.69 Å². The standard InChI is InChI=1S/C19H23N3O3/c1-13-4-9-16(17(10-13)25-12-18(23)22(2)3)21-19(24)15-7-5-14(11-20)6-8-15/h4-10H,11-12,20H2,1-3H3,(H,21,24). The molecule has 0 fully saturated rings. The van der Waals surface area contributed by atoms with Crippen LogP contribution in [0, 0.1) is 6.92 Å². The van der Waals surface area contributed by atoms with Crippen LogP contribution in [0.1, 0.15) is 21.5 Å². The maximum absolute atomic E-state index is 12.4. The number of nitrogens with one attached hydrogen (secondary N) is 1. The minimum Gasteiger partial charge on any atom is -0.482 e. The minimum atomic E-state index is -0.254. The summed E-state index contributed by atoms with van der Waals surface area (Å²) >= 11 is 0. The van der Waals surface area contributed by atoms with Gasteiger partial charge in [-0.3, -0.25) is 9.59 Å². The monoisotopic (exact) mass is 341 g/mol. The van der Waals surface area contributed by atoms with Gasteiger partial charge < -0.3 is 20.7 Å². The van der Waals surface area contributed by atoms with Gasteiger partial charge in [-0.1, -0.05) is 18.2 Å². The van der Waals surface area contributed by atoms with Crippen molar-refractivity contribution < 1.29 is 14.3 Å². The number of benzene rings is 2. The smallest absolute Gasteiger partial charge is 0.259 e. The van der Waals surface area contributed by atoms with E-state index in [4.69, 9.17) is 10.5 Å². The molecule has 2 amide bonds. The summed E-state index contributed by atoms with van der Waals surface area (Å²) < 4.78 is 5.59. The molecule has 6 heteroatoms. The highest BCUT2D eigenvalue weighted by Crippen LogP contribution is 2.26. The fraction of sp³-hybridized carbons (Fsp3) is 0.263. The maximum Gasteiger partial charge on any atom is 0.259 e. The Morgan fingerprint density at radius 1 is 1.12 bits per heavy atom. The molecule has 0 saturated carbocycles. The second-order valence-corrected chi connectivity index (χ2v) is 5.93. The number of nitrogens with two attached hydrogens (primary N) is 1. The molecule has 2 aromatic carbocycles. The van der Waals surface area contributed by atoms with Crippen LogP contribution in [-0.4, -0.2) is 37.4 Å². The van der Waals surface area contributed by atoms with Crippen LogP contribution in [0.5, 0.6) is 5.75 Å². The number of rotatable bonds is 6. The van der Waals surface area contributed by atoms with Crippen molar-refractivity contribution in [2.75, 3.05) is 26.0 Å². The number of carbonyl (C=O) groups is 2. The van der Waals surface area contributed by atoms with Gasteiger partial charge in [-0.05, 0) is 42.3 Å². The normalized spacial score (nSPS) is 10.2. The first-order valence-corrected chi connectivity index (χ1v) is 7.94. The lowest BCUT2D eigenvalue weighted by atomic mass is 10.1. The van der Waals surface area contributed by atoms with Crippen LogP contribution in [0.25, 0.3) is 0 Å². The van der Waals surface area contributed by atoms with Gasteiger partial charge >= 0.3 is 0 Å². The third-order valence-electron chi connectivity index (χ3n) is 3.69. The molecular weight excluding hydrogens is 318 g/mol. The van der Waals surface area contributed by atoms with E-state index in [9.17, 15) is 9.59 Å². The summed E-state index contributed by atoms with van der Waals surface area (Å²) in [4.78, 5) is 25.6. The third-order valence-corrected chi connectivity index (χ3v) is 3.69. The number of carbonyl (C=O) groups excluding carboxylic acids is 2. The van der Waals surface area contributed by atoms with E-state index < -0.39 is 0 Å². The number of aryl methyl sites for hydroxylation is 1. The number of likely N-dealkylation sites (N-methyl/N-ethyl adjacent to an activating group) is 1. The molecule has 25 heavy (non-hydrogen) atoms. The van der Waals surface area contributed by atoms with Crippen LogP contribution >= 0.6 is 0 Å². The van der Waals surface area contributed by atoms with Crippen molar-refractivity contribution in [3.8, 4) is 5.75 Å². The van der Waals surface area contributed by atoms with Gasteiger partial charge in [-0.2, -0.15) is 0 Å². The first kappa shape index (κ1) is 18.5. The number of hydrogen-bond acceptors (Lipinski definition) is 4. The first-order valence-electron chi connectivity index (χ1n) is 7.94. The number of amides is 2. The summed E-state index contributed by atoms with van der Waals surface area (Å²) in [5, 5.41) is 2.82. The van der Waals surface area contributed by atoms with Crippen molar-refractivity contribution in [3.63, 3.8) is 0 Å². The predicted molar refractivity (Wildman–Crippen MR) is 97.7 cm³/mol. The molecule has 0 bridgehead atoms. The van der Waals surface area contributed by atoms with E-state index in [0.29, 0.717) is 23.5 Å². The molecule has 2 rings (SSSR count). The molecule has 0 aliphatic carbocycles. The SMILES string of the molecule is Cc1ccc(NC(=O)c2ccc(CN)cc2)c(OCC(=O)N(C)C)c1. The Balaban J connectivity index is 2.14. The topological polar surface area (TPSA) is 84.7 Å². The second-order valence-electron chi connectivity index (χ2n) is 5.93. The molecule has 0 radical (unpaired) electrons. The van der Waals surface area contributed by atoms with Gasteiger partial charge in [0.25, 0.3) is 11.8 Å². The summed E-state index contributed by atoms with van der Waals surface area (Å²) in [6.07, 6.45) is 0. The van der Waals surface area contributed by atoms with Crippen molar-refractivity contribution in [2.45, 2.75) is 13.5 Å². The summed E-state index contributed by atoms with van der Waals surface area (Å²) in [5.74, 6) is 0.0505. The Labute approximate surface area is 147 Å². The van der Waals surface area contributed by atoms with E-state index in [2.05, 4.69) is 5.32 Å². The van der Waals surface area contributed by atoms with Gasteiger partial charge in [0.2, 0.25) is 0 Å². The Bertz CT molecular complexity index is 755. The van der Waals surface area contributed by atoms with Gasteiger partial charge in [0.1, 0.15) is 5.75 Å². The summed E-state index contributed by atoms with van der Waals surface area (Å²) in [6, 6.07) is 12.5. The van der Waals surface area contributed by atoms with Crippen LogP contribution in [0.4, 0.5) is 5.69 Å². The van der Waals surface area contributed by atoms with Crippen molar-refractivity contribution in [1.29, 1.82) is 0 Å². The molecule has 0 atom stereocenters. The summed E-state index contributed by atoms with van der Waals surface area (Å²) in [6.45, 7) is 2.25. The van der Waals surface area contributed by atoms with Gasteiger partial charge in [-0.25, -0.2) is 0 Å². The number of anilines is 1. The first-order chi connectivity index (χ1) is 11.9. The molecule has 132 valence electrons. The molecule has 6 nitrogen and oxygen atoms in total. The molecule has 0 aliphatic heterocycles. The van der Waals surface area contributed by atoms with Gasteiger partial charge in [0.15, 0.2) is 6.61 Å². The van der Waals surface area contributed by atoms with Crippen molar-refractivity contribution in [3.05, 3.63) is 59.2 Å². The molecule has 0 spiro atoms. The number of hydrogen-bond donors (Lipinski definition) is 2. The van der Waals surface area contributed by atoms with Crippen LogP contribution in [-0.2, 0) is 11.3 Å². The summed E-state index contributed by atoms with van der Waals surface area (Å²) in [7, 11) is 3.32. The molecule has 0 heterocycles. The van der Waals surface area contributed by atoms with Crippen LogP contribution in [0.3, 0.4) is 0 Å². The summed E-state index contributed by atoms with van der Waals surface area (Å²) in [5.41, 5.74) is 8.53. The maximum atomic E-state index is 12.4. The molecule has 3 N–H and O–H groups in total.